The lowest BCUT2D eigenvalue weighted by molar-refractivity contribution is -0.132. The van der Waals surface area contributed by atoms with Gasteiger partial charge in [-0.3, -0.25) is 9.59 Å². The van der Waals surface area contributed by atoms with E-state index in [0.717, 1.165) is 31.7 Å². The Morgan fingerprint density at radius 2 is 2.05 bits per heavy atom. The molecule has 5 heteroatoms. The van der Waals surface area contributed by atoms with Crippen molar-refractivity contribution in [2.45, 2.75) is 32.1 Å². The molecule has 0 radical (unpaired) electrons. The van der Waals surface area contributed by atoms with Crippen molar-refractivity contribution in [2.75, 3.05) is 19.6 Å². The van der Waals surface area contributed by atoms with Crippen LogP contribution in [0.1, 0.15) is 31.4 Å². The fourth-order valence-corrected chi connectivity index (χ4v) is 2.21. The van der Waals surface area contributed by atoms with Crippen LogP contribution in [0.5, 0.6) is 0 Å². The van der Waals surface area contributed by atoms with E-state index in [4.69, 9.17) is 4.42 Å². The summed E-state index contributed by atoms with van der Waals surface area (Å²) in [6, 6.07) is 3.70. The van der Waals surface area contributed by atoms with Crippen molar-refractivity contribution < 1.29 is 14.0 Å². The van der Waals surface area contributed by atoms with E-state index < -0.39 is 0 Å². The van der Waals surface area contributed by atoms with Gasteiger partial charge in [0.1, 0.15) is 5.76 Å². The molecule has 0 saturated carbocycles. The Morgan fingerprint density at radius 3 is 2.74 bits per heavy atom. The van der Waals surface area contributed by atoms with Crippen molar-refractivity contribution in [1.82, 2.24) is 10.2 Å². The number of furan rings is 1. The van der Waals surface area contributed by atoms with Crippen LogP contribution in [-0.4, -0.2) is 36.3 Å². The molecular formula is C14H20N2O3. The van der Waals surface area contributed by atoms with Gasteiger partial charge >= 0.3 is 0 Å². The molecule has 1 aliphatic heterocycles. The lowest BCUT2D eigenvalue weighted by atomic mass is 10.2. The maximum Gasteiger partial charge on any atom is 0.223 e. The Bertz CT molecular complexity index is 408. The van der Waals surface area contributed by atoms with E-state index >= 15 is 0 Å². The molecule has 0 atom stereocenters. The topological polar surface area (TPSA) is 62.6 Å². The van der Waals surface area contributed by atoms with E-state index in [1.54, 1.807) is 6.26 Å². The molecule has 5 nitrogen and oxygen atoms in total. The first-order valence-corrected chi connectivity index (χ1v) is 6.82. The number of hydrogen-bond donors (Lipinski definition) is 1. The first-order valence-electron chi connectivity index (χ1n) is 6.82. The second-order valence-corrected chi connectivity index (χ2v) is 4.77. The number of rotatable bonds is 6. The molecule has 19 heavy (non-hydrogen) atoms. The van der Waals surface area contributed by atoms with Gasteiger partial charge in [0.15, 0.2) is 0 Å². The Kier molecular flexibility index (Phi) is 5.01. The average molecular weight is 264 g/mol. The van der Waals surface area contributed by atoms with Crippen molar-refractivity contribution in [3.8, 4) is 0 Å². The largest absolute Gasteiger partial charge is 0.469 e. The lowest BCUT2D eigenvalue weighted by Gasteiger charge is -2.14. The summed E-state index contributed by atoms with van der Waals surface area (Å²) >= 11 is 0. The van der Waals surface area contributed by atoms with E-state index in [0.29, 0.717) is 19.4 Å². The Balaban J connectivity index is 1.57. The normalized spacial score (nSPS) is 14.6. The van der Waals surface area contributed by atoms with E-state index in [-0.39, 0.29) is 18.2 Å². The van der Waals surface area contributed by atoms with Gasteiger partial charge in [-0.2, -0.15) is 0 Å². The van der Waals surface area contributed by atoms with Crippen LogP contribution < -0.4 is 5.32 Å². The summed E-state index contributed by atoms with van der Waals surface area (Å²) in [5.41, 5.74) is 0. The second-order valence-electron chi connectivity index (χ2n) is 4.77. The smallest absolute Gasteiger partial charge is 0.223 e. The molecule has 104 valence electrons. The minimum Gasteiger partial charge on any atom is -0.469 e. The van der Waals surface area contributed by atoms with Gasteiger partial charge in [0.2, 0.25) is 11.8 Å². The van der Waals surface area contributed by atoms with Crippen LogP contribution in [0.2, 0.25) is 0 Å². The number of likely N-dealkylation sites (tertiary alicyclic amines) is 1. The maximum absolute atomic E-state index is 11.7. The molecule has 0 bridgehead atoms. The Labute approximate surface area is 113 Å². The van der Waals surface area contributed by atoms with Gasteiger partial charge in [0, 0.05) is 38.9 Å². The number of nitrogens with one attached hydrogen (secondary N) is 1. The molecule has 0 spiro atoms. The molecule has 2 heterocycles. The van der Waals surface area contributed by atoms with Crippen molar-refractivity contribution >= 4 is 11.8 Å². The third kappa shape index (κ3) is 4.43. The van der Waals surface area contributed by atoms with Crippen LogP contribution in [0, 0.1) is 0 Å². The molecule has 1 aliphatic rings. The number of nitrogens with zero attached hydrogens (tertiary/aromatic N) is 1. The van der Waals surface area contributed by atoms with Gasteiger partial charge in [0.25, 0.3) is 0 Å². The molecule has 2 rings (SSSR count). The standard InChI is InChI=1S/C14H20N2O3/c17-13(15-8-7-12-4-3-11-19-12)5-6-14(18)16-9-1-2-10-16/h3-4,11H,1-2,5-10H2,(H,15,17). The quantitative estimate of drug-likeness (QED) is 0.843. The van der Waals surface area contributed by atoms with Crippen molar-refractivity contribution in [2.24, 2.45) is 0 Å². The molecule has 1 saturated heterocycles. The van der Waals surface area contributed by atoms with Gasteiger partial charge in [-0.1, -0.05) is 0 Å². The highest BCUT2D eigenvalue weighted by atomic mass is 16.3. The number of carbonyl (C=O) groups excluding carboxylic acids is 2. The lowest BCUT2D eigenvalue weighted by Crippen LogP contribution is -2.30. The zero-order valence-electron chi connectivity index (χ0n) is 11.1. The summed E-state index contributed by atoms with van der Waals surface area (Å²) in [6.45, 7) is 2.24. The number of carbonyl (C=O) groups is 2. The summed E-state index contributed by atoms with van der Waals surface area (Å²) < 4.78 is 5.17. The van der Waals surface area contributed by atoms with Crippen LogP contribution in [0.4, 0.5) is 0 Å². The Hall–Kier alpha value is -1.78. The molecule has 1 aromatic heterocycles. The highest BCUT2D eigenvalue weighted by Gasteiger charge is 2.18. The number of amides is 2. The molecule has 0 aromatic carbocycles. The summed E-state index contributed by atoms with van der Waals surface area (Å²) in [5.74, 6) is 0.881. The zero-order chi connectivity index (χ0) is 13.5. The van der Waals surface area contributed by atoms with Crippen molar-refractivity contribution in [3.05, 3.63) is 24.2 Å². The van der Waals surface area contributed by atoms with Gasteiger partial charge in [0.05, 0.1) is 6.26 Å². The van der Waals surface area contributed by atoms with E-state index in [1.165, 1.54) is 0 Å². The highest BCUT2D eigenvalue weighted by molar-refractivity contribution is 5.83. The molecular weight excluding hydrogens is 244 g/mol. The van der Waals surface area contributed by atoms with Crippen LogP contribution >= 0.6 is 0 Å². The molecule has 0 unspecified atom stereocenters. The third-order valence-corrected chi connectivity index (χ3v) is 3.30. The Morgan fingerprint density at radius 1 is 1.26 bits per heavy atom. The van der Waals surface area contributed by atoms with Crippen LogP contribution in [0.25, 0.3) is 0 Å². The van der Waals surface area contributed by atoms with Crippen LogP contribution in [0.3, 0.4) is 0 Å². The second kappa shape index (κ2) is 6.97. The fourth-order valence-electron chi connectivity index (χ4n) is 2.21. The van der Waals surface area contributed by atoms with Crippen molar-refractivity contribution in [3.63, 3.8) is 0 Å². The molecule has 2 amide bonds. The minimum atomic E-state index is -0.0703. The zero-order valence-corrected chi connectivity index (χ0v) is 11.1. The van der Waals surface area contributed by atoms with Crippen LogP contribution in [-0.2, 0) is 16.0 Å². The molecule has 1 fully saturated rings. The summed E-state index contributed by atoms with van der Waals surface area (Å²) in [4.78, 5) is 25.2. The predicted octanol–water partition coefficient (Wildman–Crippen LogP) is 1.34. The van der Waals surface area contributed by atoms with E-state index in [2.05, 4.69) is 5.32 Å². The first kappa shape index (κ1) is 13.6. The van der Waals surface area contributed by atoms with Crippen LogP contribution in [0.15, 0.2) is 22.8 Å². The molecule has 1 aromatic rings. The molecule has 1 N–H and O–H groups in total. The van der Waals surface area contributed by atoms with Gasteiger partial charge in [-0.25, -0.2) is 0 Å². The fraction of sp³-hybridized carbons (Fsp3) is 0.571. The third-order valence-electron chi connectivity index (χ3n) is 3.30. The monoisotopic (exact) mass is 264 g/mol. The number of hydrogen-bond acceptors (Lipinski definition) is 3. The highest BCUT2D eigenvalue weighted by Crippen LogP contribution is 2.09. The molecule has 0 aliphatic carbocycles. The van der Waals surface area contributed by atoms with Crippen molar-refractivity contribution in [1.29, 1.82) is 0 Å². The first-order chi connectivity index (χ1) is 9.25. The van der Waals surface area contributed by atoms with E-state index in [9.17, 15) is 9.59 Å². The van der Waals surface area contributed by atoms with E-state index in [1.807, 2.05) is 17.0 Å². The summed E-state index contributed by atoms with van der Waals surface area (Å²) in [5, 5.41) is 2.80. The van der Waals surface area contributed by atoms with Gasteiger partial charge in [-0.05, 0) is 25.0 Å². The predicted molar refractivity (Wildman–Crippen MR) is 70.5 cm³/mol. The maximum atomic E-state index is 11.7. The van der Waals surface area contributed by atoms with Gasteiger partial charge in [-0.15, -0.1) is 0 Å². The van der Waals surface area contributed by atoms with Gasteiger partial charge < -0.3 is 14.6 Å². The average Bonchev–Trinajstić information content (AvgIpc) is 3.08. The SMILES string of the molecule is O=C(CCC(=O)N1CCCC1)NCCc1ccco1. The summed E-state index contributed by atoms with van der Waals surface area (Å²) in [7, 11) is 0. The summed E-state index contributed by atoms with van der Waals surface area (Å²) in [6.07, 6.45) is 5.05. The minimum absolute atomic E-state index is 0.0703.